The van der Waals surface area contributed by atoms with E-state index in [0.717, 1.165) is 11.3 Å². The Morgan fingerprint density at radius 3 is 2.82 bits per heavy atom. The minimum Gasteiger partial charge on any atom is -0.300 e. The van der Waals surface area contributed by atoms with Gasteiger partial charge in [-0.25, -0.2) is 4.98 Å². The van der Waals surface area contributed by atoms with Crippen molar-refractivity contribution in [2.45, 2.75) is 0 Å². The lowest BCUT2D eigenvalue weighted by atomic mass is 10.2. The monoisotopic (exact) mass is 355 g/mol. The lowest BCUT2D eigenvalue weighted by Gasteiger charge is -2.03. The van der Waals surface area contributed by atoms with E-state index in [9.17, 15) is 0 Å². The summed E-state index contributed by atoms with van der Waals surface area (Å²) in [5, 5.41) is 1.47. The fourth-order valence-corrected chi connectivity index (χ4v) is 2.67. The fourth-order valence-electron chi connectivity index (χ4n) is 1.79. The molecule has 2 heterocycles. The number of nitrogens with zero attached hydrogens (tertiary/aromatic N) is 3. The smallest absolute Gasteiger partial charge is 0.224 e. The average molecular weight is 356 g/mol. The molecule has 0 amide bonds. The minimum absolute atomic E-state index is 0.260. The SMILES string of the molecule is Clc1nccc(-n2cc(I)c3ccccc32)n1. The van der Waals surface area contributed by atoms with Crippen LogP contribution in [0.4, 0.5) is 0 Å². The fraction of sp³-hybridized carbons (Fsp3) is 0. The van der Waals surface area contributed by atoms with Crippen molar-refractivity contribution in [3.8, 4) is 5.82 Å². The first-order valence-electron chi connectivity index (χ1n) is 5.00. The van der Waals surface area contributed by atoms with Crippen LogP contribution >= 0.6 is 34.2 Å². The molecule has 0 spiro atoms. The number of para-hydroxylation sites is 1. The lowest BCUT2D eigenvalue weighted by Crippen LogP contribution is -1.96. The van der Waals surface area contributed by atoms with Crippen molar-refractivity contribution in [3.63, 3.8) is 0 Å². The number of hydrogen-bond donors (Lipinski definition) is 0. The van der Waals surface area contributed by atoms with Gasteiger partial charge in [0.25, 0.3) is 0 Å². The highest BCUT2D eigenvalue weighted by Crippen LogP contribution is 2.25. The Labute approximate surface area is 117 Å². The highest BCUT2D eigenvalue weighted by Gasteiger charge is 2.08. The summed E-state index contributed by atoms with van der Waals surface area (Å²) >= 11 is 8.13. The van der Waals surface area contributed by atoms with E-state index in [4.69, 9.17) is 11.6 Å². The van der Waals surface area contributed by atoms with Crippen LogP contribution in [-0.4, -0.2) is 14.5 Å². The molecule has 1 aromatic carbocycles. The number of halogens is 2. The van der Waals surface area contributed by atoms with Crippen LogP contribution < -0.4 is 0 Å². The Bertz CT molecular complexity index is 693. The van der Waals surface area contributed by atoms with E-state index in [0.29, 0.717) is 0 Å². The Hall–Kier alpha value is -1.14. The Morgan fingerprint density at radius 2 is 2.00 bits per heavy atom. The van der Waals surface area contributed by atoms with Crippen LogP contribution in [0, 0.1) is 3.57 Å². The van der Waals surface area contributed by atoms with Crippen LogP contribution in [-0.2, 0) is 0 Å². The van der Waals surface area contributed by atoms with E-state index in [1.165, 1.54) is 8.96 Å². The van der Waals surface area contributed by atoms with Crippen molar-refractivity contribution in [2.24, 2.45) is 0 Å². The molecule has 0 radical (unpaired) electrons. The summed E-state index contributed by atoms with van der Waals surface area (Å²) in [5.74, 6) is 0.782. The molecule has 0 N–H and O–H groups in total. The van der Waals surface area contributed by atoms with Crippen molar-refractivity contribution in [1.82, 2.24) is 14.5 Å². The normalized spacial score (nSPS) is 10.9. The molecule has 2 aromatic heterocycles. The molecule has 5 heteroatoms. The Balaban J connectivity index is 2.31. The van der Waals surface area contributed by atoms with E-state index in [2.05, 4.69) is 44.7 Å². The van der Waals surface area contributed by atoms with Gasteiger partial charge in [0, 0.05) is 21.4 Å². The van der Waals surface area contributed by atoms with Gasteiger partial charge in [0.2, 0.25) is 5.28 Å². The predicted octanol–water partition coefficient (Wildman–Crippen LogP) is 3.68. The summed E-state index contributed by atoms with van der Waals surface area (Å²) < 4.78 is 3.21. The van der Waals surface area contributed by atoms with Gasteiger partial charge in [-0.2, -0.15) is 4.98 Å². The number of aromatic nitrogens is 3. The molecule has 0 saturated heterocycles. The summed E-state index contributed by atoms with van der Waals surface area (Å²) in [6, 6.07) is 10.0. The lowest BCUT2D eigenvalue weighted by molar-refractivity contribution is 1.01. The summed E-state index contributed by atoms with van der Waals surface area (Å²) in [7, 11) is 0. The average Bonchev–Trinajstić information content (AvgIpc) is 2.68. The Morgan fingerprint density at radius 1 is 1.18 bits per heavy atom. The molecule has 0 saturated carbocycles. The van der Waals surface area contributed by atoms with Crippen molar-refractivity contribution in [3.05, 3.63) is 51.6 Å². The molecule has 0 aliphatic heterocycles. The van der Waals surface area contributed by atoms with E-state index in [1.807, 2.05) is 29.0 Å². The maximum atomic E-state index is 5.82. The third-order valence-corrected chi connectivity index (χ3v) is 3.56. The zero-order valence-corrected chi connectivity index (χ0v) is 11.6. The zero-order valence-electron chi connectivity index (χ0n) is 8.64. The molecule has 0 atom stereocenters. The second kappa shape index (κ2) is 4.27. The summed E-state index contributed by atoms with van der Waals surface area (Å²) in [5.41, 5.74) is 1.12. The first kappa shape index (κ1) is 11.0. The number of fused-ring (bicyclic) bond motifs is 1. The second-order valence-electron chi connectivity index (χ2n) is 3.55. The molecule has 0 unspecified atom stereocenters. The topological polar surface area (TPSA) is 30.7 Å². The maximum Gasteiger partial charge on any atom is 0.224 e. The number of rotatable bonds is 1. The molecule has 3 aromatic rings. The van der Waals surface area contributed by atoms with Crippen LogP contribution in [0.25, 0.3) is 16.7 Å². The van der Waals surface area contributed by atoms with Crippen molar-refractivity contribution < 1.29 is 0 Å². The van der Waals surface area contributed by atoms with Gasteiger partial charge in [-0.15, -0.1) is 0 Å². The van der Waals surface area contributed by atoms with E-state index < -0.39 is 0 Å². The van der Waals surface area contributed by atoms with Gasteiger partial charge in [0.05, 0.1) is 5.52 Å². The first-order valence-corrected chi connectivity index (χ1v) is 6.46. The van der Waals surface area contributed by atoms with E-state index >= 15 is 0 Å². The van der Waals surface area contributed by atoms with Crippen molar-refractivity contribution in [2.75, 3.05) is 0 Å². The van der Waals surface area contributed by atoms with Crippen LogP contribution in [0.1, 0.15) is 0 Å². The number of hydrogen-bond acceptors (Lipinski definition) is 2. The first-order chi connectivity index (χ1) is 8.25. The summed E-state index contributed by atoms with van der Waals surface area (Å²) in [6.07, 6.45) is 3.70. The molecule has 0 aliphatic carbocycles. The summed E-state index contributed by atoms with van der Waals surface area (Å²) in [6.45, 7) is 0. The Kier molecular flexibility index (Phi) is 2.76. The standard InChI is InChI=1S/C12H7ClIN3/c13-12-15-6-5-11(16-12)17-7-9(14)8-3-1-2-4-10(8)17/h1-7H. The van der Waals surface area contributed by atoms with Crippen molar-refractivity contribution in [1.29, 1.82) is 0 Å². The van der Waals surface area contributed by atoms with Crippen molar-refractivity contribution >= 4 is 45.1 Å². The largest absolute Gasteiger partial charge is 0.300 e. The van der Waals surface area contributed by atoms with E-state index in [-0.39, 0.29) is 5.28 Å². The summed E-state index contributed by atoms with van der Waals surface area (Å²) in [4.78, 5) is 8.11. The molecule has 84 valence electrons. The van der Waals surface area contributed by atoms with Gasteiger partial charge in [-0.1, -0.05) is 18.2 Å². The highest BCUT2D eigenvalue weighted by molar-refractivity contribution is 14.1. The molecule has 3 nitrogen and oxygen atoms in total. The van der Waals surface area contributed by atoms with Gasteiger partial charge >= 0.3 is 0 Å². The van der Waals surface area contributed by atoms with Crippen LogP contribution in [0.2, 0.25) is 5.28 Å². The maximum absolute atomic E-state index is 5.82. The third kappa shape index (κ3) is 1.91. The number of benzene rings is 1. The molecule has 0 bridgehead atoms. The zero-order chi connectivity index (χ0) is 11.8. The molecule has 0 fully saturated rings. The second-order valence-corrected chi connectivity index (χ2v) is 5.05. The van der Waals surface area contributed by atoms with Crippen LogP contribution in [0.5, 0.6) is 0 Å². The quantitative estimate of drug-likeness (QED) is 0.492. The predicted molar refractivity (Wildman–Crippen MR) is 76.6 cm³/mol. The van der Waals surface area contributed by atoms with E-state index in [1.54, 1.807) is 6.20 Å². The van der Waals surface area contributed by atoms with Gasteiger partial charge < -0.3 is 0 Å². The van der Waals surface area contributed by atoms with Crippen LogP contribution in [0.15, 0.2) is 42.7 Å². The molecule has 17 heavy (non-hydrogen) atoms. The van der Waals surface area contributed by atoms with Gasteiger partial charge in [0.1, 0.15) is 5.82 Å². The molecule has 0 aliphatic rings. The van der Waals surface area contributed by atoms with Gasteiger partial charge in [-0.3, -0.25) is 4.57 Å². The third-order valence-electron chi connectivity index (χ3n) is 2.52. The van der Waals surface area contributed by atoms with Gasteiger partial charge in [0.15, 0.2) is 0 Å². The molecular weight excluding hydrogens is 349 g/mol. The minimum atomic E-state index is 0.260. The molecule has 3 rings (SSSR count). The molecular formula is C12H7ClIN3. The highest BCUT2D eigenvalue weighted by atomic mass is 127. The van der Waals surface area contributed by atoms with Crippen LogP contribution in [0.3, 0.4) is 0 Å². The van der Waals surface area contributed by atoms with Gasteiger partial charge in [-0.05, 0) is 46.3 Å².